The molecule has 3 heteroatoms. The van der Waals surface area contributed by atoms with Gasteiger partial charge in [0.1, 0.15) is 5.75 Å². The molecule has 1 saturated carbocycles. The number of rotatable bonds is 3. The highest BCUT2D eigenvalue weighted by Crippen LogP contribution is 2.34. The monoisotopic (exact) mass is 266 g/mol. The van der Waals surface area contributed by atoms with Crippen molar-refractivity contribution in [1.82, 2.24) is 0 Å². The van der Waals surface area contributed by atoms with Gasteiger partial charge in [-0.05, 0) is 48.9 Å². The van der Waals surface area contributed by atoms with Gasteiger partial charge in [-0.1, -0.05) is 31.9 Å². The van der Waals surface area contributed by atoms with E-state index in [1.807, 2.05) is 19.1 Å². The van der Waals surface area contributed by atoms with Crippen LogP contribution < -0.4 is 4.74 Å². The Kier molecular flexibility index (Phi) is 3.96. The van der Waals surface area contributed by atoms with Crippen LogP contribution in [-0.2, 0) is 4.79 Å². The smallest absolute Gasteiger partial charge is 0.314 e. The normalized spacial score (nSPS) is 15.6. The van der Waals surface area contributed by atoms with Crippen LogP contribution in [0.1, 0.15) is 50.2 Å². The van der Waals surface area contributed by atoms with E-state index < -0.39 is 0 Å². The lowest BCUT2D eigenvalue weighted by Gasteiger charge is -2.24. The van der Waals surface area contributed by atoms with Gasteiger partial charge in [0.15, 0.2) is 0 Å². The van der Waals surface area contributed by atoms with Crippen LogP contribution in [0.2, 0.25) is 5.02 Å². The van der Waals surface area contributed by atoms with Gasteiger partial charge in [-0.2, -0.15) is 0 Å². The molecule has 1 aliphatic carbocycles. The predicted molar refractivity (Wildman–Crippen MR) is 73.3 cm³/mol. The minimum absolute atomic E-state index is 0.0927. The minimum atomic E-state index is -0.0927. The SMILES string of the molecule is Cc1cc(OC(=O)C2CCC2)c(C(C)C)cc1Cl. The molecule has 2 rings (SSSR count). The van der Waals surface area contributed by atoms with Crippen molar-refractivity contribution in [2.24, 2.45) is 5.92 Å². The molecule has 0 amide bonds. The first kappa shape index (κ1) is 13.4. The lowest BCUT2D eigenvalue weighted by atomic mass is 9.85. The number of aryl methyl sites for hydroxylation is 1. The third kappa shape index (κ3) is 2.69. The fourth-order valence-electron chi connectivity index (χ4n) is 2.05. The van der Waals surface area contributed by atoms with E-state index in [-0.39, 0.29) is 17.8 Å². The second-order valence-electron chi connectivity index (χ2n) is 5.34. The van der Waals surface area contributed by atoms with Crippen LogP contribution in [0.4, 0.5) is 0 Å². The van der Waals surface area contributed by atoms with Crippen molar-refractivity contribution >= 4 is 17.6 Å². The predicted octanol–water partition coefficient (Wildman–Crippen LogP) is 4.48. The molecule has 0 radical (unpaired) electrons. The molecule has 0 aromatic heterocycles. The summed E-state index contributed by atoms with van der Waals surface area (Å²) in [6, 6.07) is 3.78. The maximum atomic E-state index is 11.9. The molecule has 0 saturated heterocycles. The Labute approximate surface area is 113 Å². The van der Waals surface area contributed by atoms with Gasteiger partial charge in [-0.25, -0.2) is 0 Å². The molecule has 98 valence electrons. The molecular formula is C15H19ClO2. The van der Waals surface area contributed by atoms with Crippen LogP contribution in [0, 0.1) is 12.8 Å². The van der Waals surface area contributed by atoms with E-state index in [9.17, 15) is 4.79 Å². The second kappa shape index (κ2) is 5.31. The molecule has 2 nitrogen and oxygen atoms in total. The molecule has 1 aromatic rings. The van der Waals surface area contributed by atoms with Crippen molar-refractivity contribution in [1.29, 1.82) is 0 Å². The summed E-state index contributed by atoms with van der Waals surface area (Å²) in [5.41, 5.74) is 1.94. The molecule has 18 heavy (non-hydrogen) atoms. The van der Waals surface area contributed by atoms with Crippen molar-refractivity contribution in [2.75, 3.05) is 0 Å². The maximum Gasteiger partial charge on any atom is 0.314 e. The molecular weight excluding hydrogens is 248 g/mol. The highest BCUT2D eigenvalue weighted by atomic mass is 35.5. The Morgan fingerprint density at radius 3 is 2.56 bits per heavy atom. The average molecular weight is 267 g/mol. The Bertz CT molecular complexity index is 462. The van der Waals surface area contributed by atoms with Gasteiger partial charge in [-0.3, -0.25) is 4.79 Å². The highest BCUT2D eigenvalue weighted by molar-refractivity contribution is 6.31. The average Bonchev–Trinajstić information content (AvgIpc) is 2.19. The zero-order valence-corrected chi connectivity index (χ0v) is 11.9. The highest BCUT2D eigenvalue weighted by Gasteiger charge is 2.28. The van der Waals surface area contributed by atoms with Crippen LogP contribution in [0.5, 0.6) is 5.75 Å². The molecule has 1 aromatic carbocycles. The number of hydrogen-bond acceptors (Lipinski definition) is 2. The number of esters is 1. The number of hydrogen-bond donors (Lipinski definition) is 0. The maximum absolute atomic E-state index is 11.9. The van der Waals surface area contributed by atoms with Gasteiger partial charge < -0.3 is 4.74 Å². The zero-order valence-electron chi connectivity index (χ0n) is 11.1. The van der Waals surface area contributed by atoms with Gasteiger partial charge in [0, 0.05) is 5.02 Å². The Morgan fingerprint density at radius 2 is 2.06 bits per heavy atom. The fraction of sp³-hybridized carbons (Fsp3) is 0.533. The second-order valence-corrected chi connectivity index (χ2v) is 5.75. The van der Waals surface area contributed by atoms with E-state index in [1.165, 1.54) is 0 Å². The first-order valence-electron chi connectivity index (χ1n) is 6.50. The largest absolute Gasteiger partial charge is 0.426 e. The Morgan fingerprint density at radius 1 is 1.39 bits per heavy atom. The summed E-state index contributed by atoms with van der Waals surface area (Å²) < 4.78 is 5.55. The lowest BCUT2D eigenvalue weighted by molar-refractivity contribution is -0.141. The number of ether oxygens (including phenoxy) is 1. The van der Waals surface area contributed by atoms with Crippen molar-refractivity contribution in [3.8, 4) is 5.75 Å². The quantitative estimate of drug-likeness (QED) is 0.596. The Balaban J connectivity index is 2.24. The number of carbonyl (C=O) groups is 1. The third-order valence-corrected chi connectivity index (χ3v) is 3.97. The van der Waals surface area contributed by atoms with Gasteiger partial charge in [0.05, 0.1) is 5.92 Å². The summed E-state index contributed by atoms with van der Waals surface area (Å²) in [6.07, 6.45) is 3.06. The minimum Gasteiger partial charge on any atom is -0.426 e. The van der Waals surface area contributed by atoms with Crippen LogP contribution in [-0.4, -0.2) is 5.97 Å². The topological polar surface area (TPSA) is 26.3 Å². The molecule has 0 spiro atoms. The van der Waals surface area contributed by atoms with E-state index in [0.717, 1.165) is 35.4 Å². The van der Waals surface area contributed by atoms with Gasteiger partial charge >= 0.3 is 5.97 Å². The number of benzene rings is 1. The molecule has 0 bridgehead atoms. The van der Waals surface area contributed by atoms with E-state index >= 15 is 0 Å². The van der Waals surface area contributed by atoms with Gasteiger partial charge in [0.25, 0.3) is 0 Å². The van der Waals surface area contributed by atoms with Crippen molar-refractivity contribution < 1.29 is 9.53 Å². The van der Waals surface area contributed by atoms with Crippen LogP contribution in [0.25, 0.3) is 0 Å². The van der Waals surface area contributed by atoms with Crippen LogP contribution in [0.15, 0.2) is 12.1 Å². The van der Waals surface area contributed by atoms with E-state index in [1.54, 1.807) is 0 Å². The molecule has 0 heterocycles. The zero-order chi connectivity index (χ0) is 13.3. The molecule has 0 unspecified atom stereocenters. The van der Waals surface area contributed by atoms with Crippen molar-refractivity contribution in [2.45, 2.75) is 46.0 Å². The summed E-state index contributed by atoms with van der Waals surface area (Å²) in [7, 11) is 0. The summed E-state index contributed by atoms with van der Waals surface area (Å²) in [4.78, 5) is 11.9. The molecule has 0 atom stereocenters. The Hall–Kier alpha value is -1.02. The van der Waals surface area contributed by atoms with Crippen molar-refractivity contribution in [3.05, 3.63) is 28.3 Å². The molecule has 0 N–H and O–H groups in total. The van der Waals surface area contributed by atoms with E-state index in [2.05, 4.69) is 13.8 Å². The standard InChI is InChI=1S/C15H19ClO2/c1-9(2)12-8-13(16)10(3)7-14(12)18-15(17)11-5-4-6-11/h7-9,11H,4-6H2,1-3H3. The number of halogens is 1. The van der Waals surface area contributed by atoms with Gasteiger partial charge in [-0.15, -0.1) is 0 Å². The summed E-state index contributed by atoms with van der Waals surface area (Å²) in [5, 5.41) is 0.724. The van der Waals surface area contributed by atoms with E-state index in [0.29, 0.717) is 5.75 Å². The lowest BCUT2D eigenvalue weighted by Crippen LogP contribution is -2.26. The third-order valence-electron chi connectivity index (χ3n) is 3.56. The fourth-order valence-corrected chi connectivity index (χ4v) is 2.22. The first-order chi connectivity index (χ1) is 8.49. The molecule has 1 fully saturated rings. The number of carbonyl (C=O) groups excluding carboxylic acids is 1. The first-order valence-corrected chi connectivity index (χ1v) is 6.88. The molecule has 1 aliphatic rings. The summed E-state index contributed by atoms with van der Waals surface area (Å²) >= 11 is 6.13. The van der Waals surface area contributed by atoms with E-state index in [4.69, 9.17) is 16.3 Å². The van der Waals surface area contributed by atoms with Crippen LogP contribution in [0.3, 0.4) is 0 Å². The summed E-state index contributed by atoms with van der Waals surface area (Å²) in [5.74, 6) is 0.960. The van der Waals surface area contributed by atoms with Gasteiger partial charge in [0.2, 0.25) is 0 Å². The summed E-state index contributed by atoms with van der Waals surface area (Å²) in [6.45, 7) is 6.07. The molecule has 0 aliphatic heterocycles. The van der Waals surface area contributed by atoms with Crippen molar-refractivity contribution in [3.63, 3.8) is 0 Å². The van der Waals surface area contributed by atoms with Crippen LogP contribution >= 0.6 is 11.6 Å².